The van der Waals surface area contributed by atoms with E-state index in [1.807, 2.05) is 42.3 Å². The van der Waals surface area contributed by atoms with Crippen LogP contribution in [-0.4, -0.2) is 35.2 Å². The Balaban J connectivity index is 1.66. The Bertz CT molecular complexity index is 883. The average Bonchev–Trinajstić information content (AvgIpc) is 3.07. The Morgan fingerprint density at radius 1 is 1.16 bits per heavy atom. The molecule has 25 heavy (non-hydrogen) atoms. The number of methoxy groups -OCH3 is 1. The van der Waals surface area contributed by atoms with Gasteiger partial charge in [-0.15, -0.1) is 0 Å². The summed E-state index contributed by atoms with van der Waals surface area (Å²) in [6.45, 7) is 0. The first-order valence-corrected chi connectivity index (χ1v) is 8.94. The molecule has 0 saturated heterocycles. The first kappa shape index (κ1) is 16.4. The number of hydrogen-bond donors (Lipinski definition) is 1. The van der Waals surface area contributed by atoms with Crippen molar-refractivity contribution < 1.29 is 14.3 Å². The lowest BCUT2D eigenvalue weighted by Gasteiger charge is -2.33. The number of aromatic nitrogens is 1. The molecule has 5 heteroatoms. The van der Waals surface area contributed by atoms with Crippen molar-refractivity contribution in [1.82, 2.24) is 9.88 Å². The molecule has 1 atom stereocenters. The molecule has 0 radical (unpaired) electrons. The quantitative estimate of drug-likeness (QED) is 0.720. The summed E-state index contributed by atoms with van der Waals surface area (Å²) < 4.78 is 11.1. The van der Waals surface area contributed by atoms with Crippen LogP contribution in [0.1, 0.15) is 44.1 Å². The molecule has 0 aliphatic heterocycles. The van der Waals surface area contributed by atoms with Crippen LogP contribution in [0.3, 0.4) is 0 Å². The molecule has 4 rings (SSSR count). The summed E-state index contributed by atoms with van der Waals surface area (Å²) in [7, 11) is 3.62. The van der Waals surface area contributed by atoms with E-state index in [9.17, 15) is 5.11 Å². The van der Waals surface area contributed by atoms with Crippen LogP contribution in [0.15, 0.2) is 34.7 Å². The Hall–Kier alpha value is -2.11. The van der Waals surface area contributed by atoms with Gasteiger partial charge in [-0.05, 0) is 44.2 Å². The van der Waals surface area contributed by atoms with E-state index in [1.54, 1.807) is 7.11 Å². The van der Waals surface area contributed by atoms with Crippen LogP contribution in [0, 0.1) is 0 Å². The molecule has 132 valence electrons. The minimum atomic E-state index is -0.741. The summed E-state index contributed by atoms with van der Waals surface area (Å²) in [6.07, 6.45) is 5.29. The van der Waals surface area contributed by atoms with E-state index in [-0.39, 0.29) is 0 Å². The predicted octanol–water partition coefficient (Wildman–Crippen LogP) is 4.25. The molecule has 3 aromatic rings. The molecule has 0 spiro atoms. The van der Waals surface area contributed by atoms with Gasteiger partial charge in [-0.3, -0.25) is 4.90 Å². The van der Waals surface area contributed by atoms with Gasteiger partial charge in [0.25, 0.3) is 0 Å². The van der Waals surface area contributed by atoms with E-state index in [0.29, 0.717) is 17.5 Å². The van der Waals surface area contributed by atoms with Gasteiger partial charge < -0.3 is 14.3 Å². The first-order valence-electron chi connectivity index (χ1n) is 8.94. The van der Waals surface area contributed by atoms with E-state index in [4.69, 9.17) is 9.15 Å². The van der Waals surface area contributed by atoms with Gasteiger partial charge in [0.2, 0.25) is 5.71 Å². The minimum Gasteiger partial charge on any atom is -0.497 e. The van der Waals surface area contributed by atoms with Gasteiger partial charge in [0.05, 0.1) is 12.6 Å². The van der Waals surface area contributed by atoms with E-state index in [0.717, 1.165) is 34.9 Å². The van der Waals surface area contributed by atoms with Crippen LogP contribution in [0.25, 0.3) is 22.0 Å². The fraction of sp³-hybridized carbons (Fsp3) is 0.450. The highest BCUT2D eigenvalue weighted by Crippen LogP contribution is 2.31. The van der Waals surface area contributed by atoms with Gasteiger partial charge in [0, 0.05) is 22.9 Å². The average molecular weight is 340 g/mol. The molecule has 2 heterocycles. The van der Waals surface area contributed by atoms with Crippen molar-refractivity contribution >= 4 is 22.0 Å². The molecule has 2 aromatic heterocycles. The fourth-order valence-corrected chi connectivity index (χ4v) is 3.77. The van der Waals surface area contributed by atoms with E-state index >= 15 is 0 Å². The highest BCUT2D eigenvalue weighted by atomic mass is 16.5. The minimum absolute atomic E-state index is 0.410. The molecule has 1 saturated carbocycles. The van der Waals surface area contributed by atoms with Crippen LogP contribution >= 0.6 is 0 Å². The maximum atomic E-state index is 10.7. The number of furan rings is 1. The Morgan fingerprint density at radius 3 is 2.72 bits per heavy atom. The summed E-state index contributed by atoms with van der Waals surface area (Å²) in [5.74, 6) is 1.32. The second kappa shape index (κ2) is 6.65. The van der Waals surface area contributed by atoms with Crippen molar-refractivity contribution in [1.29, 1.82) is 0 Å². The second-order valence-corrected chi connectivity index (χ2v) is 6.92. The van der Waals surface area contributed by atoms with Crippen molar-refractivity contribution in [3.05, 3.63) is 36.1 Å². The lowest BCUT2D eigenvalue weighted by molar-refractivity contribution is -0.0307. The second-order valence-electron chi connectivity index (χ2n) is 6.92. The third-order valence-electron chi connectivity index (χ3n) is 5.32. The van der Waals surface area contributed by atoms with Crippen molar-refractivity contribution in [2.24, 2.45) is 0 Å². The van der Waals surface area contributed by atoms with Crippen molar-refractivity contribution in [3.63, 3.8) is 0 Å². The van der Waals surface area contributed by atoms with Gasteiger partial charge in [-0.2, -0.15) is 0 Å². The molecule has 1 aliphatic carbocycles. The SMILES string of the molecule is COc1ccc2cc3cc(C(O)N(C)C4CCCCC4)oc3nc2c1. The van der Waals surface area contributed by atoms with Crippen molar-refractivity contribution in [2.45, 2.75) is 44.4 Å². The van der Waals surface area contributed by atoms with Crippen molar-refractivity contribution in [2.75, 3.05) is 14.2 Å². The van der Waals surface area contributed by atoms with Crippen LogP contribution in [0.4, 0.5) is 0 Å². The highest BCUT2D eigenvalue weighted by Gasteiger charge is 2.26. The number of rotatable bonds is 4. The molecular formula is C20H24N2O3. The summed E-state index contributed by atoms with van der Waals surface area (Å²) in [5.41, 5.74) is 1.37. The number of fused-ring (bicyclic) bond motifs is 2. The van der Waals surface area contributed by atoms with E-state index in [1.165, 1.54) is 19.3 Å². The normalized spacial score (nSPS) is 17.4. The fourth-order valence-electron chi connectivity index (χ4n) is 3.77. The van der Waals surface area contributed by atoms with Crippen LogP contribution < -0.4 is 4.74 Å². The maximum absolute atomic E-state index is 10.7. The molecule has 1 aliphatic rings. The van der Waals surface area contributed by atoms with Crippen LogP contribution in [0.5, 0.6) is 5.75 Å². The number of benzene rings is 1. The zero-order valence-electron chi connectivity index (χ0n) is 14.7. The van der Waals surface area contributed by atoms with Crippen LogP contribution in [-0.2, 0) is 0 Å². The molecular weight excluding hydrogens is 316 g/mol. The largest absolute Gasteiger partial charge is 0.497 e. The van der Waals surface area contributed by atoms with Gasteiger partial charge in [0.1, 0.15) is 5.75 Å². The Kier molecular flexibility index (Phi) is 4.36. The molecule has 1 aromatic carbocycles. The van der Waals surface area contributed by atoms with E-state index < -0.39 is 6.23 Å². The molecule has 1 fully saturated rings. The number of nitrogens with zero attached hydrogens (tertiary/aromatic N) is 2. The van der Waals surface area contributed by atoms with Gasteiger partial charge in [-0.25, -0.2) is 4.98 Å². The summed E-state index contributed by atoms with van der Waals surface area (Å²) in [6, 6.07) is 10.1. The third kappa shape index (κ3) is 3.10. The van der Waals surface area contributed by atoms with Gasteiger partial charge >= 0.3 is 0 Å². The summed E-state index contributed by atoms with van der Waals surface area (Å²) in [4.78, 5) is 6.61. The molecule has 5 nitrogen and oxygen atoms in total. The predicted molar refractivity (Wildman–Crippen MR) is 97.7 cm³/mol. The molecule has 1 unspecified atom stereocenters. The smallest absolute Gasteiger partial charge is 0.227 e. The van der Waals surface area contributed by atoms with E-state index in [2.05, 4.69) is 4.98 Å². The summed E-state index contributed by atoms with van der Waals surface area (Å²) >= 11 is 0. The molecule has 0 bridgehead atoms. The Labute approximate surface area is 147 Å². The number of pyridine rings is 1. The third-order valence-corrected chi connectivity index (χ3v) is 5.32. The zero-order chi connectivity index (χ0) is 17.4. The lowest BCUT2D eigenvalue weighted by Crippen LogP contribution is -2.36. The Morgan fingerprint density at radius 2 is 1.96 bits per heavy atom. The summed E-state index contributed by atoms with van der Waals surface area (Å²) in [5, 5.41) is 12.7. The van der Waals surface area contributed by atoms with Gasteiger partial charge in [-0.1, -0.05) is 19.3 Å². The van der Waals surface area contributed by atoms with Crippen LogP contribution in [0.2, 0.25) is 0 Å². The van der Waals surface area contributed by atoms with Crippen molar-refractivity contribution in [3.8, 4) is 5.75 Å². The number of aliphatic hydroxyl groups excluding tert-OH is 1. The maximum Gasteiger partial charge on any atom is 0.227 e. The molecule has 0 amide bonds. The number of ether oxygens (including phenoxy) is 1. The zero-order valence-corrected chi connectivity index (χ0v) is 14.7. The first-order chi connectivity index (χ1) is 12.2. The molecule has 1 N–H and O–H groups in total. The topological polar surface area (TPSA) is 58.7 Å². The number of hydrogen-bond acceptors (Lipinski definition) is 5. The standard InChI is InChI=1S/C20H24N2O3/c1-22(15-6-4-3-5-7-15)20(23)18-11-14-10-13-8-9-16(24-2)12-17(13)21-19(14)25-18/h8-12,15,20,23H,3-7H2,1-2H3. The highest BCUT2D eigenvalue weighted by molar-refractivity contribution is 5.91. The number of aliphatic hydroxyl groups is 1. The lowest BCUT2D eigenvalue weighted by atomic mass is 9.94. The van der Waals surface area contributed by atoms with Gasteiger partial charge in [0.15, 0.2) is 12.0 Å². The monoisotopic (exact) mass is 340 g/mol.